The van der Waals surface area contributed by atoms with Gasteiger partial charge in [0.25, 0.3) is 5.69 Å². The number of nitrogens with two attached hydrogens (primary N) is 1. The average molecular weight is 286 g/mol. The Balaban J connectivity index is 2.33. The van der Waals surface area contributed by atoms with Crippen LogP contribution in [0.15, 0.2) is 47.4 Å². The molecule has 0 spiro atoms. The lowest BCUT2D eigenvalue weighted by atomic mass is 10.2. The summed E-state index contributed by atoms with van der Waals surface area (Å²) < 4.78 is 0. The van der Waals surface area contributed by atoms with Crippen molar-refractivity contribution in [3.8, 4) is 5.40 Å². The number of hydrogen-bond donors (Lipinski definition) is 2. The zero-order valence-corrected chi connectivity index (χ0v) is 11.1. The summed E-state index contributed by atoms with van der Waals surface area (Å²) in [5, 5.41) is 24.5. The quantitative estimate of drug-likeness (QED) is 0.293. The van der Waals surface area contributed by atoms with E-state index in [0.717, 1.165) is 11.8 Å². The Morgan fingerprint density at radius 1 is 1.25 bits per heavy atom. The maximum atomic E-state index is 11.1. The number of thiocyanates is 1. The molecule has 2 aromatic rings. The van der Waals surface area contributed by atoms with Gasteiger partial charge in [0, 0.05) is 22.3 Å². The molecule has 6 nitrogen and oxygen atoms in total. The molecule has 100 valence electrons. The molecule has 0 saturated carbocycles. The molecule has 0 aromatic heterocycles. The number of nitro benzene ring substituents is 1. The van der Waals surface area contributed by atoms with Gasteiger partial charge in [0.2, 0.25) is 0 Å². The Morgan fingerprint density at radius 2 is 1.95 bits per heavy atom. The number of nitrogen functional groups attached to an aromatic ring is 1. The predicted molar refractivity (Wildman–Crippen MR) is 78.7 cm³/mol. The van der Waals surface area contributed by atoms with Gasteiger partial charge in [-0.2, -0.15) is 5.26 Å². The molecule has 0 aliphatic rings. The fourth-order valence-electron chi connectivity index (χ4n) is 1.61. The number of nitro groups is 1. The SMILES string of the molecule is N#CSc1ccc(Nc2ccc(N)cc2)c([N+](=O)[O-])c1. The molecule has 0 aliphatic carbocycles. The Kier molecular flexibility index (Phi) is 4.08. The molecule has 0 atom stereocenters. The summed E-state index contributed by atoms with van der Waals surface area (Å²) >= 11 is 0.881. The molecule has 0 saturated heterocycles. The van der Waals surface area contributed by atoms with Gasteiger partial charge in [0.05, 0.1) is 4.92 Å². The number of nitriles is 1. The molecule has 0 amide bonds. The van der Waals surface area contributed by atoms with Gasteiger partial charge in [-0.1, -0.05) is 0 Å². The van der Waals surface area contributed by atoms with E-state index < -0.39 is 4.92 Å². The lowest BCUT2D eigenvalue weighted by molar-refractivity contribution is -0.384. The first-order valence-corrected chi connectivity index (χ1v) is 6.39. The maximum Gasteiger partial charge on any atom is 0.293 e. The van der Waals surface area contributed by atoms with Crippen LogP contribution in [0.2, 0.25) is 0 Å². The molecule has 0 aliphatic heterocycles. The normalized spacial score (nSPS) is 9.75. The molecule has 0 unspecified atom stereocenters. The van der Waals surface area contributed by atoms with Gasteiger partial charge in [0.15, 0.2) is 0 Å². The summed E-state index contributed by atoms with van der Waals surface area (Å²) in [6.07, 6.45) is 0. The standard InChI is InChI=1S/C13H10N4O2S/c14-8-20-11-5-6-12(13(7-11)17(18)19)16-10-3-1-9(15)2-4-10/h1-7,16H,15H2. The van der Waals surface area contributed by atoms with Gasteiger partial charge in [-0.05, 0) is 48.2 Å². The van der Waals surface area contributed by atoms with Crippen molar-refractivity contribution in [3.63, 3.8) is 0 Å². The van der Waals surface area contributed by atoms with Crippen molar-refractivity contribution in [2.45, 2.75) is 4.90 Å². The van der Waals surface area contributed by atoms with Crippen LogP contribution in [0.4, 0.5) is 22.7 Å². The molecule has 3 N–H and O–H groups in total. The second-order valence-corrected chi connectivity index (χ2v) is 4.73. The highest BCUT2D eigenvalue weighted by Crippen LogP contribution is 2.32. The third-order valence-corrected chi connectivity index (χ3v) is 3.10. The summed E-state index contributed by atoms with van der Waals surface area (Å²) in [4.78, 5) is 11.1. The van der Waals surface area contributed by atoms with Crippen LogP contribution < -0.4 is 11.1 Å². The minimum Gasteiger partial charge on any atom is -0.399 e. The largest absolute Gasteiger partial charge is 0.399 e. The van der Waals surface area contributed by atoms with Crippen molar-refractivity contribution in [2.75, 3.05) is 11.1 Å². The van der Waals surface area contributed by atoms with E-state index in [1.165, 1.54) is 6.07 Å². The first-order valence-electron chi connectivity index (χ1n) is 5.57. The summed E-state index contributed by atoms with van der Waals surface area (Å²) in [6.45, 7) is 0. The lowest BCUT2D eigenvalue weighted by Gasteiger charge is -2.08. The van der Waals surface area contributed by atoms with Crippen LogP contribution in [0.5, 0.6) is 0 Å². The number of benzene rings is 2. The van der Waals surface area contributed by atoms with Crippen LogP contribution in [0.25, 0.3) is 0 Å². The van der Waals surface area contributed by atoms with Crippen LogP contribution in [0, 0.1) is 20.8 Å². The summed E-state index contributed by atoms with van der Waals surface area (Å²) in [5.41, 5.74) is 7.18. The Labute approximate surface area is 119 Å². The molecule has 0 bridgehead atoms. The number of rotatable bonds is 4. The minimum absolute atomic E-state index is 0.0814. The van der Waals surface area contributed by atoms with E-state index in [1.807, 2.05) is 5.40 Å². The molecule has 0 heterocycles. The molecule has 20 heavy (non-hydrogen) atoms. The third-order valence-electron chi connectivity index (χ3n) is 2.52. The number of anilines is 3. The monoisotopic (exact) mass is 286 g/mol. The molecular formula is C13H10N4O2S. The highest BCUT2D eigenvalue weighted by molar-refractivity contribution is 8.03. The average Bonchev–Trinajstić information content (AvgIpc) is 2.43. The van der Waals surface area contributed by atoms with E-state index in [1.54, 1.807) is 36.4 Å². The smallest absolute Gasteiger partial charge is 0.293 e. The minimum atomic E-state index is -0.485. The van der Waals surface area contributed by atoms with Crippen LogP contribution in [-0.2, 0) is 0 Å². The van der Waals surface area contributed by atoms with Crippen molar-refractivity contribution in [2.24, 2.45) is 0 Å². The molecule has 7 heteroatoms. The highest BCUT2D eigenvalue weighted by atomic mass is 32.2. The second-order valence-electron chi connectivity index (χ2n) is 3.88. The number of hydrogen-bond acceptors (Lipinski definition) is 6. The Morgan fingerprint density at radius 3 is 2.55 bits per heavy atom. The van der Waals surface area contributed by atoms with Gasteiger partial charge < -0.3 is 11.1 Å². The zero-order valence-electron chi connectivity index (χ0n) is 10.2. The van der Waals surface area contributed by atoms with Crippen LogP contribution >= 0.6 is 11.8 Å². The Bertz CT molecular complexity index is 680. The van der Waals surface area contributed by atoms with Crippen molar-refractivity contribution in [3.05, 3.63) is 52.6 Å². The van der Waals surface area contributed by atoms with E-state index in [9.17, 15) is 10.1 Å². The third kappa shape index (κ3) is 3.18. The van der Waals surface area contributed by atoms with Gasteiger partial charge in [-0.3, -0.25) is 10.1 Å². The Hall–Kier alpha value is -2.72. The van der Waals surface area contributed by atoms with Crippen molar-refractivity contribution in [1.29, 1.82) is 5.26 Å². The molecule has 0 radical (unpaired) electrons. The molecule has 0 fully saturated rings. The van der Waals surface area contributed by atoms with E-state index in [-0.39, 0.29) is 5.69 Å². The van der Waals surface area contributed by atoms with E-state index in [0.29, 0.717) is 22.0 Å². The summed E-state index contributed by atoms with van der Waals surface area (Å²) in [5.74, 6) is 0. The van der Waals surface area contributed by atoms with Crippen LogP contribution in [0.3, 0.4) is 0 Å². The van der Waals surface area contributed by atoms with Crippen molar-refractivity contribution in [1.82, 2.24) is 0 Å². The number of thioether (sulfide) groups is 1. The number of nitrogens with zero attached hydrogens (tertiary/aromatic N) is 2. The van der Waals surface area contributed by atoms with Crippen LogP contribution in [-0.4, -0.2) is 4.92 Å². The number of nitrogens with one attached hydrogen (secondary N) is 1. The van der Waals surface area contributed by atoms with Gasteiger partial charge >= 0.3 is 0 Å². The highest BCUT2D eigenvalue weighted by Gasteiger charge is 2.15. The first kappa shape index (κ1) is 13.7. The maximum absolute atomic E-state index is 11.1. The molecule has 2 aromatic carbocycles. The van der Waals surface area contributed by atoms with Crippen molar-refractivity contribution < 1.29 is 4.92 Å². The van der Waals surface area contributed by atoms with Gasteiger partial charge in [-0.15, -0.1) is 0 Å². The summed E-state index contributed by atoms with van der Waals surface area (Å²) in [7, 11) is 0. The van der Waals surface area contributed by atoms with Gasteiger partial charge in [0.1, 0.15) is 11.1 Å². The van der Waals surface area contributed by atoms with E-state index in [2.05, 4.69) is 5.32 Å². The first-order chi connectivity index (χ1) is 9.60. The molecule has 2 rings (SSSR count). The topological polar surface area (TPSA) is 105 Å². The fraction of sp³-hybridized carbons (Fsp3) is 0. The van der Waals surface area contributed by atoms with Crippen LogP contribution in [0.1, 0.15) is 0 Å². The van der Waals surface area contributed by atoms with Gasteiger partial charge in [-0.25, -0.2) is 0 Å². The molecular weight excluding hydrogens is 276 g/mol. The zero-order chi connectivity index (χ0) is 14.5. The van der Waals surface area contributed by atoms with E-state index >= 15 is 0 Å². The van der Waals surface area contributed by atoms with E-state index in [4.69, 9.17) is 11.0 Å². The second kappa shape index (κ2) is 5.95. The summed E-state index contributed by atoms with van der Waals surface area (Å²) in [6, 6.07) is 11.5. The lowest BCUT2D eigenvalue weighted by Crippen LogP contribution is -1.97. The fourth-order valence-corrected chi connectivity index (χ4v) is 2.02. The van der Waals surface area contributed by atoms with Crippen molar-refractivity contribution >= 4 is 34.5 Å². The predicted octanol–water partition coefficient (Wildman–Crippen LogP) is 3.49.